The number of carbonyl (C=O) groups is 1. The van der Waals surface area contributed by atoms with Gasteiger partial charge in [0, 0.05) is 18.5 Å². The van der Waals surface area contributed by atoms with Crippen molar-refractivity contribution in [1.82, 2.24) is 9.80 Å². The van der Waals surface area contributed by atoms with Gasteiger partial charge in [0.05, 0.1) is 6.04 Å². The van der Waals surface area contributed by atoms with Crippen LogP contribution in [0.25, 0.3) is 0 Å². The Balaban J connectivity index is 1.65. The first kappa shape index (κ1) is 19.2. The van der Waals surface area contributed by atoms with Crippen LogP contribution in [0.15, 0.2) is 60.7 Å². The maximum absolute atomic E-state index is 13.6. The fourth-order valence-corrected chi connectivity index (χ4v) is 5.21. The van der Waals surface area contributed by atoms with Gasteiger partial charge in [0.15, 0.2) is 0 Å². The molecule has 2 saturated heterocycles. The van der Waals surface area contributed by atoms with Crippen LogP contribution < -0.4 is 0 Å². The normalized spacial score (nSPS) is 23.3. The minimum absolute atomic E-state index is 0.0755. The molecule has 0 radical (unpaired) electrons. The van der Waals surface area contributed by atoms with Crippen LogP contribution in [0.1, 0.15) is 56.1 Å². The maximum Gasteiger partial charge on any atom is 0.240 e. The molecule has 3 nitrogen and oxygen atoms in total. The standard InChI is InChI=1S/C25H32N2O/c1-2-26-18-10-9-16-23(26)25(28)27-19-11-17-22(27)24(20-12-5-3-6-13-20)21-14-7-4-8-15-21/h3-8,12-15,22-24H,2,9-11,16-19H2,1H3. The summed E-state index contributed by atoms with van der Waals surface area (Å²) in [6.45, 7) is 5.11. The van der Waals surface area contributed by atoms with Gasteiger partial charge in [-0.05, 0) is 49.9 Å². The summed E-state index contributed by atoms with van der Waals surface area (Å²) in [5, 5.41) is 0. The van der Waals surface area contributed by atoms with Gasteiger partial charge < -0.3 is 4.90 Å². The second-order valence-electron chi connectivity index (χ2n) is 8.18. The monoisotopic (exact) mass is 376 g/mol. The van der Waals surface area contributed by atoms with Gasteiger partial charge in [-0.2, -0.15) is 0 Å². The van der Waals surface area contributed by atoms with Crippen molar-refractivity contribution in [2.45, 2.75) is 57.0 Å². The zero-order valence-corrected chi connectivity index (χ0v) is 17.0. The first-order valence-electron chi connectivity index (χ1n) is 10.9. The second kappa shape index (κ2) is 8.91. The van der Waals surface area contributed by atoms with Crippen LogP contribution in [-0.2, 0) is 4.79 Å². The van der Waals surface area contributed by atoms with Crippen LogP contribution in [0, 0.1) is 0 Å². The lowest BCUT2D eigenvalue weighted by atomic mass is 9.83. The number of likely N-dealkylation sites (tertiary alicyclic amines) is 2. The number of rotatable bonds is 5. The predicted octanol–water partition coefficient (Wildman–Crippen LogP) is 4.68. The quantitative estimate of drug-likeness (QED) is 0.756. The molecule has 2 fully saturated rings. The highest BCUT2D eigenvalue weighted by molar-refractivity contribution is 5.82. The summed E-state index contributed by atoms with van der Waals surface area (Å²) in [7, 11) is 0. The molecule has 0 N–H and O–H groups in total. The molecule has 2 heterocycles. The molecule has 0 aromatic heterocycles. The van der Waals surface area contributed by atoms with E-state index in [1.807, 2.05) is 0 Å². The van der Waals surface area contributed by atoms with E-state index in [4.69, 9.17) is 0 Å². The van der Waals surface area contributed by atoms with Crippen molar-refractivity contribution in [2.24, 2.45) is 0 Å². The number of piperidine rings is 1. The van der Waals surface area contributed by atoms with Crippen molar-refractivity contribution in [3.05, 3.63) is 71.8 Å². The van der Waals surface area contributed by atoms with Gasteiger partial charge in [0.25, 0.3) is 0 Å². The van der Waals surface area contributed by atoms with E-state index in [9.17, 15) is 4.79 Å². The lowest BCUT2D eigenvalue weighted by Crippen LogP contribution is -2.52. The fourth-order valence-electron chi connectivity index (χ4n) is 5.21. The van der Waals surface area contributed by atoms with E-state index < -0.39 is 0 Å². The summed E-state index contributed by atoms with van der Waals surface area (Å²) >= 11 is 0. The van der Waals surface area contributed by atoms with E-state index >= 15 is 0 Å². The van der Waals surface area contributed by atoms with Gasteiger partial charge >= 0.3 is 0 Å². The smallest absolute Gasteiger partial charge is 0.240 e. The van der Waals surface area contributed by atoms with E-state index in [-0.39, 0.29) is 18.0 Å². The maximum atomic E-state index is 13.6. The van der Waals surface area contributed by atoms with Crippen LogP contribution in [0.2, 0.25) is 0 Å². The van der Waals surface area contributed by atoms with Crippen molar-refractivity contribution in [3.8, 4) is 0 Å². The van der Waals surface area contributed by atoms with E-state index in [1.54, 1.807) is 0 Å². The molecule has 2 aliphatic rings. The Morgan fingerprint density at radius 2 is 1.54 bits per heavy atom. The molecule has 1 amide bonds. The SMILES string of the molecule is CCN1CCCCC1C(=O)N1CCCC1C(c1ccccc1)c1ccccc1. The van der Waals surface area contributed by atoms with Gasteiger partial charge in [0.1, 0.15) is 0 Å². The molecule has 2 aromatic carbocycles. The number of hydrogen-bond donors (Lipinski definition) is 0. The third-order valence-electron chi connectivity index (χ3n) is 6.59. The number of hydrogen-bond acceptors (Lipinski definition) is 2. The molecule has 2 aromatic rings. The molecule has 148 valence electrons. The minimum atomic E-state index is 0.0755. The van der Waals surface area contributed by atoms with Crippen molar-refractivity contribution in [3.63, 3.8) is 0 Å². The first-order chi connectivity index (χ1) is 13.8. The number of amides is 1. The summed E-state index contributed by atoms with van der Waals surface area (Å²) < 4.78 is 0. The predicted molar refractivity (Wildman–Crippen MR) is 114 cm³/mol. The Morgan fingerprint density at radius 3 is 2.14 bits per heavy atom. The molecule has 2 aliphatic heterocycles. The molecule has 4 rings (SSSR count). The summed E-state index contributed by atoms with van der Waals surface area (Å²) in [4.78, 5) is 18.2. The number of nitrogens with zero attached hydrogens (tertiary/aromatic N) is 2. The minimum Gasteiger partial charge on any atom is -0.337 e. The summed E-state index contributed by atoms with van der Waals surface area (Å²) in [5.41, 5.74) is 2.63. The fraction of sp³-hybridized carbons (Fsp3) is 0.480. The molecule has 28 heavy (non-hydrogen) atoms. The van der Waals surface area contributed by atoms with Gasteiger partial charge in [0.2, 0.25) is 5.91 Å². The highest BCUT2D eigenvalue weighted by atomic mass is 16.2. The van der Waals surface area contributed by atoms with Crippen molar-refractivity contribution < 1.29 is 4.79 Å². The number of benzene rings is 2. The largest absolute Gasteiger partial charge is 0.337 e. The Kier molecular flexibility index (Phi) is 6.11. The Bertz CT molecular complexity index is 721. The zero-order valence-electron chi connectivity index (χ0n) is 17.0. The molecular formula is C25H32N2O. The van der Waals surface area contributed by atoms with Gasteiger partial charge in [-0.15, -0.1) is 0 Å². The third-order valence-corrected chi connectivity index (χ3v) is 6.59. The van der Waals surface area contributed by atoms with Gasteiger partial charge in [-0.3, -0.25) is 9.69 Å². The molecule has 2 atom stereocenters. The molecule has 0 spiro atoms. The zero-order chi connectivity index (χ0) is 19.3. The average Bonchev–Trinajstić information content (AvgIpc) is 3.24. The van der Waals surface area contributed by atoms with Crippen LogP contribution in [0.4, 0.5) is 0 Å². The van der Waals surface area contributed by atoms with Crippen LogP contribution >= 0.6 is 0 Å². The average molecular weight is 377 g/mol. The van der Waals surface area contributed by atoms with Crippen LogP contribution in [0.3, 0.4) is 0 Å². The highest BCUT2D eigenvalue weighted by Crippen LogP contribution is 2.37. The Hall–Kier alpha value is -2.13. The van der Waals surface area contributed by atoms with Crippen molar-refractivity contribution in [2.75, 3.05) is 19.6 Å². The topological polar surface area (TPSA) is 23.6 Å². The third kappa shape index (κ3) is 3.86. The molecular weight excluding hydrogens is 344 g/mol. The number of likely N-dealkylation sites (N-methyl/N-ethyl adjacent to an activating group) is 1. The number of carbonyl (C=O) groups excluding carboxylic acids is 1. The van der Waals surface area contributed by atoms with E-state index in [1.165, 1.54) is 24.0 Å². The lowest BCUT2D eigenvalue weighted by molar-refractivity contribution is -0.139. The van der Waals surface area contributed by atoms with E-state index in [0.717, 1.165) is 38.9 Å². The lowest BCUT2D eigenvalue weighted by Gasteiger charge is -2.39. The summed E-state index contributed by atoms with van der Waals surface area (Å²) in [5.74, 6) is 0.605. The van der Waals surface area contributed by atoms with Gasteiger partial charge in [-0.1, -0.05) is 74.0 Å². The van der Waals surface area contributed by atoms with Crippen LogP contribution in [0.5, 0.6) is 0 Å². The van der Waals surface area contributed by atoms with Crippen molar-refractivity contribution >= 4 is 5.91 Å². The van der Waals surface area contributed by atoms with E-state index in [2.05, 4.69) is 77.4 Å². The summed E-state index contributed by atoms with van der Waals surface area (Å²) in [6, 6.07) is 21.8. The molecule has 0 saturated carbocycles. The molecule has 2 unspecified atom stereocenters. The Labute approximate surface area is 169 Å². The van der Waals surface area contributed by atoms with E-state index in [0.29, 0.717) is 5.91 Å². The second-order valence-corrected chi connectivity index (χ2v) is 8.18. The molecule has 3 heteroatoms. The molecule has 0 aliphatic carbocycles. The Morgan fingerprint density at radius 1 is 0.893 bits per heavy atom. The van der Waals surface area contributed by atoms with Crippen LogP contribution in [-0.4, -0.2) is 47.4 Å². The van der Waals surface area contributed by atoms with Gasteiger partial charge in [-0.25, -0.2) is 0 Å². The summed E-state index contributed by atoms with van der Waals surface area (Å²) in [6.07, 6.45) is 5.59. The highest BCUT2D eigenvalue weighted by Gasteiger charge is 2.40. The molecule has 0 bridgehead atoms. The first-order valence-corrected chi connectivity index (χ1v) is 10.9. The van der Waals surface area contributed by atoms with Crippen molar-refractivity contribution in [1.29, 1.82) is 0 Å².